The van der Waals surface area contributed by atoms with Gasteiger partial charge in [-0.3, -0.25) is 9.69 Å². The third-order valence-corrected chi connectivity index (χ3v) is 5.84. The van der Waals surface area contributed by atoms with Crippen LogP contribution in [0.5, 0.6) is 0 Å². The monoisotopic (exact) mass is 398 g/mol. The Hall–Kier alpha value is -1.92. The molecule has 0 fully saturated rings. The number of aromatic nitrogens is 2. The van der Waals surface area contributed by atoms with E-state index in [9.17, 15) is 4.79 Å². The lowest BCUT2D eigenvalue weighted by Crippen LogP contribution is -2.34. The molecule has 1 aromatic carbocycles. The molecule has 150 valence electrons. The second-order valence-electron chi connectivity index (χ2n) is 7.61. The smallest absolute Gasteiger partial charge is 0.255 e. The highest BCUT2D eigenvalue weighted by molar-refractivity contribution is 7.98. The van der Waals surface area contributed by atoms with Crippen LogP contribution in [0.15, 0.2) is 29.3 Å². The molecule has 3 rings (SSSR count). The SMILES string of the molecule is CSc1nc(C(C)C)nc(C)c1C(=O)NCCCN1CCc2ccccc2C1. The van der Waals surface area contributed by atoms with Crippen LogP contribution in [0.4, 0.5) is 0 Å². The van der Waals surface area contributed by atoms with Gasteiger partial charge >= 0.3 is 0 Å². The number of hydrogen-bond acceptors (Lipinski definition) is 5. The van der Waals surface area contributed by atoms with Crippen LogP contribution in [0.3, 0.4) is 0 Å². The van der Waals surface area contributed by atoms with E-state index in [-0.39, 0.29) is 11.8 Å². The van der Waals surface area contributed by atoms with E-state index in [4.69, 9.17) is 0 Å². The molecule has 0 spiro atoms. The third kappa shape index (κ3) is 4.92. The summed E-state index contributed by atoms with van der Waals surface area (Å²) in [4.78, 5) is 24.3. The number of nitrogens with zero attached hydrogens (tertiary/aromatic N) is 3. The fourth-order valence-corrected chi connectivity index (χ4v) is 4.20. The van der Waals surface area contributed by atoms with Crippen molar-refractivity contribution in [3.8, 4) is 0 Å². The van der Waals surface area contributed by atoms with Gasteiger partial charge < -0.3 is 5.32 Å². The molecule has 1 N–H and O–H groups in total. The first-order valence-electron chi connectivity index (χ1n) is 9.99. The molecule has 28 heavy (non-hydrogen) atoms. The van der Waals surface area contributed by atoms with E-state index in [1.54, 1.807) is 0 Å². The van der Waals surface area contributed by atoms with Crippen LogP contribution in [0.1, 0.15) is 59.2 Å². The van der Waals surface area contributed by atoms with Crippen molar-refractivity contribution in [1.29, 1.82) is 0 Å². The van der Waals surface area contributed by atoms with E-state index in [0.717, 1.165) is 49.0 Å². The Bertz CT molecular complexity index is 837. The van der Waals surface area contributed by atoms with Crippen LogP contribution in [-0.4, -0.2) is 46.7 Å². The molecule has 0 aliphatic carbocycles. The molecule has 0 unspecified atom stereocenters. The summed E-state index contributed by atoms with van der Waals surface area (Å²) in [6, 6.07) is 8.68. The van der Waals surface area contributed by atoms with E-state index in [2.05, 4.69) is 58.3 Å². The number of fused-ring (bicyclic) bond motifs is 1. The van der Waals surface area contributed by atoms with Gasteiger partial charge in [0, 0.05) is 32.1 Å². The van der Waals surface area contributed by atoms with E-state index in [0.29, 0.717) is 12.1 Å². The number of benzene rings is 1. The quantitative estimate of drug-likeness (QED) is 0.437. The van der Waals surface area contributed by atoms with Gasteiger partial charge in [-0.1, -0.05) is 38.1 Å². The molecular formula is C22H30N4OS. The summed E-state index contributed by atoms with van der Waals surface area (Å²) in [5.41, 5.74) is 4.27. The number of carbonyl (C=O) groups excluding carboxylic acids is 1. The Kier molecular flexibility index (Phi) is 7.08. The van der Waals surface area contributed by atoms with Crippen molar-refractivity contribution < 1.29 is 4.79 Å². The first-order chi connectivity index (χ1) is 13.5. The van der Waals surface area contributed by atoms with E-state index >= 15 is 0 Å². The molecule has 0 radical (unpaired) electrons. The lowest BCUT2D eigenvalue weighted by molar-refractivity contribution is 0.0946. The molecule has 2 aromatic rings. The normalized spacial score (nSPS) is 14.2. The Balaban J connectivity index is 1.52. The van der Waals surface area contributed by atoms with Crippen LogP contribution in [0, 0.1) is 6.92 Å². The molecule has 6 heteroatoms. The zero-order chi connectivity index (χ0) is 20.1. The Morgan fingerprint density at radius 1 is 1.25 bits per heavy atom. The number of hydrogen-bond donors (Lipinski definition) is 1. The molecule has 1 aromatic heterocycles. The number of aryl methyl sites for hydroxylation is 1. The fourth-order valence-electron chi connectivity index (χ4n) is 3.57. The van der Waals surface area contributed by atoms with Gasteiger partial charge in [0.05, 0.1) is 11.3 Å². The summed E-state index contributed by atoms with van der Waals surface area (Å²) in [6.07, 6.45) is 4.00. The van der Waals surface area contributed by atoms with Crippen molar-refractivity contribution >= 4 is 17.7 Å². The average molecular weight is 399 g/mol. The number of carbonyl (C=O) groups is 1. The molecule has 0 saturated heterocycles. The van der Waals surface area contributed by atoms with Gasteiger partial charge in [0.1, 0.15) is 10.9 Å². The number of thioether (sulfide) groups is 1. The predicted molar refractivity (Wildman–Crippen MR) is 115 cm³/mol. The first kappa shape index (κ1) is 20.8. The second-order valence-corrected chi connectivity index (χ2v) is 8.41. The van der Waals surface area contributed by atoms with Crippen molar-refractivity contribution in [2.75, 3.05) is 25.9 Å². The maximum Gasteiger partial charge on any atom is 0.255 e. The molecule has 1 aliphatic rings. The highest BCUT2D eigenvalue weighted by atomic mass is 32.2. The van der Waals surface area contributed by atoms with Crippen LogP contribution >= 0.6 is 11.8 Å². The van der Waals surface area contributed by atoms with Gasteiger partial charge in [0.15, 0.2) is 0 Å². The summed E-state index contributed by atoms with van der Waals surface area (Å²) in [5, 5.41) is 3.83. The summed E-state index contributed by atoms with van der Waals surface area (Å²) >= 11 is 1.50. The average Bonchev–Trinajstić information content (AvgIpc) is 2.70. The Morgan fingerprint density at radius 2 is 2.00 bits per heavy atom. The van der Waals surface area contributed by atoms with Crippen molar-refractivity contribution in [3.63, 3.8) is 0 Å². The maximum atomic E-state index is 12.7. The lowest BCUT2D eigenvalue weighted by Gasteiger charge is -2.28. The first-order valence-corrected chi connectivity index (χ1v) is 11.2. The standard InChI is InChI=1S/C22H30N4OS/c1-15(2)20-24-16(3)19(22(25-20)28-4)21(27)23-11-7-12-26-13-10-17-8-5-6-9-18(17)14-26/h5-6,8-9,15H,7,10-14H2,1-4H3,(H,23,27). The molecular weight excluding hydrogens is 368 g/mol. The van der Waals surface area contributed by atoms with Crippen LogP contribution < -0.4 is 5.32 Å². The van der Waals surface area contributed by atoms with E-state index < -0.39 is 0 Å². The van der Waals surface area contributed by atoms with Crippen LogP contribution in [0.25, 0.3) is 0 Å². The fraction of sp³-hybridized carbons (Fsp3) is 0.500. The minimum Gasteiger partial charge on any atom is -0.352 e. The van der Waals surface area contributed by atoms with Crippen molar-refractivity contribution in [3.05, 3.63) is 52.5 Å². The van der Waals surface area contributed by atoms with Gasteiger partial charge in [0.25, 0.3) is 5.91 Å². The predicted octanol–water partition coefficient (Wildman–Crippen LogP) is 3.81. The summed E-state index contributed by atoms with van der Waals surface area (Å²) in [7, 11) is 0. The number of nitrogens with one attached hydrogen (secondary N) is 1. The van der Waals surface area contributed by atoms with Gasteiger partial charge in [-0.15, -0.1) is 11.8 Å². The van der Waals surface area contributed by atoms with Crippen LogP contribution in [-0.2, 0) is 13.0 Å². The Labute approximate surface area is 172 Å². The molecule has 2 heterocycles. The van der Waals surface area contributed by atoms with Gasteiger partial charge in [-0.2, -0.15) is 0 Å². The number of amides is 1. The minimum absolute atomic E-state index is 0.0684. The molecule has 1 amide bonds. The molecule has 1 aliphatic heterocycles. The highest BCUT2D eigenvalue weighted by Crippen LogP contribution is 2.23. The zero-order valence-electron chi connectivity index (χ0n) is 17.3. The highest BCUT2D eigenvalue weighted by Gasteiger charge is 2.19. The number of rotatable bonds is 7. The molecule has 5 nitrogen and oxygen atoms in total. The second kappa shape index (κ2) is 9.52. The van der Waals surface area contributed by atoms with Crippen molar-refractivity contribution in [2.45, 2.75) is 51.1 Å². The summed E-state index contributed by atoms with van der Waals surface area (Å²) in [6.45, 7) is 9.78. The zero-order valence-corrected chi connectivity index (χ0v) is 18.1. The van der Waals surface area contributed by atoms with Crippen molar-refractivity contribution in [2.24, 2.45) is 0 Å². The van der Waals surface area contributed by atoms with Gasteiger partial charge in [-0.05, 0) is 37.1 Å². The topological polar surface area (TPSA) is 58.1 Å². The van der Waals surface area contributed by atoms with E-state index in [1.807, 2.05) is 13.2 Å². The minimum atomic E-state index is -0.0684. The van der Waals surface area contributed by atoms with Crippen LogP contribution in [0.2, 0.25) is 0 Å². The van der Waals surface area contributed by atoms with Gasteiger partial charge in [0.2, 0.25) is 0 Å². The molecule has 0 atom stereocenters. The lowest BCUT2D eigenvalue weighted by atomic mass is 10.00. The largest absolute Gasteiger partial charge is 0.352 e. The van der Waals surface area contributed by atoms with Gasteiger partial charge in [-0.25, -0.2) is 9.97 Å². The molecule has 0 bridgehead atoms. The third-order valence-electron chi connectivity index (χ3n) is 5.16. The summed E-state index contributed by atoms with van der Waals surface area (Å²) < 4.78 is 0. The molecule has 0 saturated carbocycles. The Morgan fingerprint density at radius 3 is 2.71 bits per heavy atom. The van der Waals surface area contributed by atoms with Crippen molar-refractivity contribution in [1.82, 2.24) is 20.2 Å². The van der Waals surface area contributed by atoms with E-state index in [1.165, 1.54) is 22.9 Å². The maximum absolute atomic E-state index is 12.7. The summed E-state index contributed by atoms with van der Waals surface area (Å²) in [5.74, 6) is 0.973.